The molecule has 1 N–H and O–H groups in total. The molecule has 1 aromatic carbocycles. The summed E-state index contributed by atoms with van der Waals surface area (Å²) in [6.07, 6.45) is 1.19. The van der Waals surface area contributed by atoms with Gasteiger partial charge in [0.25, 0.3) is 0 Å². The van der Waals surface area contributed by atoms with Crippen molar-refractivity contribution in [1.29, 1.82) is 5.26 Å². The number of aliphatic hydroxyl groups excluding tert-OH is 1. The molecule has 1 rings (SSSR count). The van der Waals surface area contributed by atoms with Crippen molar-refractivity contribution in [3.63, 3.8) is 0 Å². The van der Waals surface area contributed by atoms with E-state index in [0.717, 1.165) is 24.2 Å². The van der Waals surface area contributed by atoms with Crippen molar-refractivity contribution in [3.05, 3.63) is 29.8 Å². The molecule has 1 aromatic rings. The molecule has 0 amide bonds. The summed E-state index contributed by atoms with van der Waals surface area (Å²) in [5, 5.41) is 18.4. The van der Waals surface area contributed by atoms with Crippen LogP contribution >= 0.6 is 0 Å². The molecule has 0 aliphatic rings. The van der Waals surface area contributed by atoms with Crippen molar-refractivity contribution >= 4 is 0 Å². The maximum atomic E-state index is 9.47. The number of hydrogen-bond acceptors (Lipinski definition) is 3. The molecule has 0 aliphatic heterocycles. The van der Waals surface area contributed by atoms with Gasteiger partial charge in [0.15, 0.2) is 0 Å². The zero-order valence-electron chi connectivity index (χ0n) is 11.3. The van der Waals surface area contributed by atoms with Gasteiger partial charge >= 0.3 is 0 Å². The lowest BCUT2D eigenvalue weighted by Crippen LogP contribution is -2.10. The highest BCUT2D eigenvalue weighted by Crippen LogP contribution is 2.22. The van der Waals surface area contributed by atoms with Crippen LogP contribution in [0.4, 0.5) is 0 Å². The third-order valence-corrected chi connectivity index (χ3v) is 2.86. The maximum Gasteiger partial charge on any atom is 0.119 e. The molecule has 0 radical (unpaired) electrons. The summed E-state index contributed by atoms with van der Waals surface area (Å²) < 4.78 is 5.62. The molecule has 98 valence electrons. The fraction of sp³-hybridized carbons (Fsp3) is 0.533. The number of aliphatic hydroxyl groups is 1. The highest BCUT2D eigenvalue weighted by Gasteiger charge is 2.15. The quantitative estimate of drug-likeness (QED) is 0.783. The summed E-state index contributed by atoms with van der Waals surface area (Å²) in [5.41, 5.74) is 0.565. The predicted octanol–water partition coefficient (Wildman–Crippen LogP) is 3.45. The molecule has 0 saturated heterocycles. The van der Waals surface area contributed by atoms with E-state index >= 15 is 0 Å². The van der Waals surface area contributed by atoms with Gasteiger partial charge in [-0.05, 0) is 51.3 Å². The molecule has 0 aliphatic carbocycles. The molecule has 3 nitrogen and oxygen atoms in total. The first-order chi connectivity index (χ1) is 8.44. The smallest absolute Gasteiger partial charge is 0.119 e. The van der Waals surface area contributed by atoms with E-state index in [1.54, 1.807) is 6.92 Å². The average molecular weight is 247 g/mol. The van der Waals surface area contributed by atoms with Gasteiger partial charge in [-0.3, -0.25) is 0 Å². The number of hydrogen-bond donors (Lipinski definition) is 1. The monoisotopic (exact) mass is 247 g/mol. The summed E-state index contributed by atoms with van der Waals surface area (Å²) in [4.78, 5) is 0. The molecule has 0 fully saturated rings. The molecule has 0 bridgehead atoms. The second-order valence-corrected chi connectivity index (χ2v) is 5.20. The standard InChI is InChI=1S/C15H21NO2/c1-12(17)13-6-4-7-14(10-13)18-9-5-8-15(2,3)11-16/h4,6-7,10,12,17H,5,8-9H2,1-3H3. The van der Waals surface area contributed by atoms with Gasteiger partial charge in [0.1, 0.15) is 5.75 Å². The van der Waals surface area contributed by atoms with E-state index in [1.807, 2.05) is 38.1 Å². The Morgan fingerprint density at radius 3 is 2.78 bits per heavy atom. The second kappa shape index (κ2) is 6.42. The number of rotatable bonds is 6. The summed E-state index contributed by atoms with van der Waals surface area (Å²) in [5.74, 6) is 0.767. The zero-order valence-corrected chi connectivity index (χ0v) is 11.3. The Hall–Kier alpha value is -1.53. The third-order valence-electron chi connectivity index (χ3n) is 2.86. The van der Waals surface area contributed by atoms with Crippen LogP contribution < -0.4 is 4.74 Å². The third kappa shape index (κ3) is 4.77. The van der Waals surface area contributed by atoms with Crippen LogP contribution in [0.3, 0.4) is 0 Å². The molecule has 1 unspecified atom stereocenters. The Morgan fingerprint density at radius 2 is 2.17 bits per heavy atom. The van der Waals surface area contributed by atoms with Gasteiger partial charge in [0.2, 0.25) is 0 Å². The highest BCUT2D eigenvalue weighted by molar-refractivity contribution is 5.29. The van der Waals surface area contributed by atoms with Crippen LogP contribution in [-0.2, 0) is 0 Å². The molecule has 0 aromatic heterocycles. The summed E-state index contributed by atoms with van der Waals surface area (Å²) in [7, 11) is 0. The predicted molar refractivity (Wildman–Crippen MR) is 71.2 cm³/mol. The molecule has 0 heterocycles. The SMILES string of the molecule is CC(O)c1cccc(OCCCC(C)(C)C#N)c1. The van der Waals surface area contributed by atoms with Crippen LogP contribution in [0.15, 0.2) is 24.3 Å². The first-order valence-electron chi connectivity index (χ1n) is 6.27. The molecule has 1 atom stereocenters. The van der Waals surface area contributed by atoms with E-state index in [2.05, 4.69) is 6.07 Å². The fourth-order valence-electron chi connectivity index (χ4n) is 1.62. The molecular formula is C15H21NO2. The Bertz CT molecular complexity index is 419. The van der Waals surface area contributed by atoms with E-state index in [0.29, 0.717) is 6.61 Å². The normalized spacial score (nSPS) is 12.8. The Kier molecular flexibility index (Phi) is 5.18. The van der Waals surface area contributed by atoms with Crippen molar-refractivity contribution in [3.8, 4) is 11.8 Å². The molecule has 3 heteroatoms. The first-order valence-corrected chi connectivity index (χ1v) is 6.27. The number of nitrogens with zero attached hydrogens (tertiary/aromatic N) is 1. The highest BCUT2D eigenvalue weighted by atomic mass is 16.5. The molecular weight excluding hydrogens is 226 g/mol. The maximum absolute atomic E-state index is 9.47. The van der Waals surface area contributed by atoms with Crippen LogP contribution in [-0.4, -0.2) is 11.7 Å². The van der Waals surface area contributed by atoms with Gasteiger partial charge in [0.05, 0.1) is 24.2 Å². The van der Waals surface area contributed by atoms with Crippen molar-refractivity contribution in [2.45, 2.75) is 39.7 Å². The van der Waals surface area contributed by atoms with Crippen LogP contribution in [0.25, 0.3) is 0 Å². The number of ether oxygens (including phenoxy) is 1. The Labute approximate surface area is 109 Å². The minimum absolute atomic E-state index is 0.287. The number of benzene rings is 1. The van der Waals surface area contributed by atoms with Crippen molar-refractivity contribution in [2.75, 3.05) is 6.61 Å². The average Bonchev–Trinajstić information content (AvgIpc) is 2.35. The Balaban J connectivity index is 2.41. The minimum atomic E-state index is -0.480. The largest absolute Gasteiger partial charge is 0.494 e. The summed E-state index contributed by atoms with van der Waals surface area (Å²) >= 11 is 0. The lowest BCUT2D eigenvalue weighted by Gasteiger charge is -2.15. The van der Waals surface area contributed by atoms with Crippen molar-refractivity contribution in [1.82, 2.24) is 0 Å². The van der Waals surface area contributed by atoms with E-state index in [4.69, 9.17) is 10.00 Å². The van der Waals surface area contributed by atoms with Gasteiger partial charge in [-0.15, -0.1) is 0 Å². The number of nitriles is 1. The summed E-state index contributed by atoms with van der Waals surface area (Å²) in [6.45, 7) is 6.19. The van der Waals surface area contributed by atoms with E-state index in [-0.39, 0.29) is 5.41 Å². The van der Waals surface area contributed by atoms with Gasteiger partial charge in [-0.2, -0.15) is 5.26 Å². The lowest BCUT2D eigenvalue weighted by atomic mass is 9.90. The summed E-state index contributed by atoms with van der Waals surface area (Å²) in [6, 6.07) is 9.74. The second-order valence-electron chi connectivity index (χ2n) is 5.20. The molecule has 0 saturated carbocycles. The van der Waals surface area contributed by atoms with E-state index < -0.39 is 6.10 Å². The van der Waals surface area contributed by atoms with E-state index in [1.165, 1.54) is 0 Å². The van der Waals surface area contributed by atoms with Crippen LogP contribution in [0, 0.1) is 16.7 Å². The van der Waals surface area contributed by atoms with Crippen LogP contribution in [0.1, 0.15) is 45.3 Å². The first kappa shape index (κ1) is 14.5. The fourth-order valence-corrected chi connectivity index (χ4v) is 1.62. The van der Waals surface area contributed by atoms with Gasteiger partial charge < -0.3 is 9.84 Å². The molecule has 0 spiro atoms. The van der Waals surface area contributed by atoms with Gasteiger partial charge in [-0.25, -0.2) is 0 Å². The lowest BCUT2D eigenvalue weighted by molar-refractivity contribution is 0.198. The Morgan fingerprint density at radius 1 is 1.44 bits per heavy atom. The van der Waals surface area contributed by atoms with Crippen LogP contribution in [0.5, 0.6) is 5.75 Å². The van der Waals surface area contributed by atoms with Crippen molar-refractivity contribution in [2.24, 2.45) is 5.41 Å². The van der Waals surface area contributed by atoms with Crippen molar-refractivity contribution < 1.29 is 9.84 Å². The van der Waals surface area contributed by atoms with Crippen LogP contribution in [0.2, 0.25) is 0 Å². The van der Waals surface area contributed by atoms with Gasteiger partial charge in [-0.1, -0.05) is 12.1 Å². The van der Waals surface area contributed by atoms with E-state index in [9.17, 15) is 5.11 Å². The molecule has 18 heavy (non-hydrogen) atoms. The minimum Gasteiger partial charge on any atom is -0.494 e. The topological polar surface area (TPSA) is 53.2 Å². The van der Waals surface area contributed by atoms with Gasteiger partial charge in [0, 0.05) is 0 Å². The zero-order chi connectivity index (χ0) is 13.6.